The van der Waals surface area contributed by atoms with Crippen LogP contribution in [0, 0.1) is 0 Å². The van der Waals surface area contributed by atoms with Crippen molar-refractivity contribution in [2.45, 2.75) is 44.2 Å². The first-order valence-electron chi connectivity index (χ1n) is 6.54. The zero-order valence-electron chi connectivity index (χ0n) is 11.8. The van der Waals surface area contributed by atoms with E-state index in [-0.39, 0.29) is 5.92 Å². The van der Waals surface area contributed by atoms with Crippen LogP contribution in [0.1, 0.15) is 38.7 Å². The maximum Gasteiger partial charge on any atom is 0.408 e. The van der Waals surface area contributed by atoms with Crippen molar-refractivity contribution in [2.24, 2.45) is 0 Å². The summed E-state index contributed by atoms with van der Waals surface area (Å²) in [6.45, 7) is 5.21. The fourth-order valence-corrected chi connectivity index (χ4v) is 2.26. The van der Waals surface area contributed by atoms with Gasteiger partial charge in [-0.1, -0.05) is 30.3 Å². The molecule has 5 nitrogen and oxygen atoms in total. The van der Waals surface area contributed by atoms with Crippen LogP contribution < -0.4 is 5.32 Å². The molecule has 108 valence electrons. The average Bonchev–Trinajstić information content (AvgIpc) is 3.03. The molecule has 1 amide bonds. The third kappa shape index (κ3) is 2.92. The normalized spacial score (nSPS) is 24.9. The van der Waals surface area contributed by atoms with E-state index in [2.05, 4.69) is 5.32 Å². The first-order chi connectivity index (χ1) is 9.24. The molecule has 1 fully saturated rings. The molecule has 1 saturated carbocycles. The third-order valence-corrected chi connectivity index (χ3v) is 3.27. The second kappa shape index (κ2) is 4.81. The van der Waals surface area contributed by atoms with E-state index in [1.54, 1.807) is 20.8 Å². The maximum absolute atomic E-state index is 11.8. The summed E-state index contributed by atoms with van der Waals surface area (Å²) in [5.41, 5.74) is -0.990. The van der Waals surface area contributed by atoms with E-state index in [1.807, 2.05) is 30.3 Å². The Bertz CT molecular complexity index is 520. The van der Waals surface area contributed by atoms with Crippen molar-refractivity contribution in [1.29, 1.82) is 0 Å². The van der Waals surface area contributed by atoms with Gasteiger partial charge in [0.2, 0.25) is 0 Å². The van der Waals surface area contributed by atoms with Gasteiger partial charge in [0.1, 0.15) is 11.1 Å². The number of benzene rings is 1. The van der Waals surface area contributed by atoms with Gasteiger partial charge in [-0.15, -0.1) is 0 Å². The highest BCUT2D eigenvalue weighted by Crippen LogP contribution is 2.51. The van der Waals surface area contributed by atoms with Gasteiger partial charge in [-0.05, 0) is 32.8 Å². The lowest BCUT2D eigenvalue weighted by atomic mass is 10.1. The van der Waals surface area contributed by atoms with Gasteiger partial charge in [0, 0.05) is 5.92 Å². The Labute approximate surface area is 117 Å². The molecule has 1 unspecified atom stereocenters. The van der Waals surface area contributed by atoms with E-state index in [9.17, 15) is 14.7 Å². The van der Waals surface area contributed by atoms with Crippen molar-refractivity contribution in [3.05, 3.63) is 35.9 Å². The number of rotatable bonds is 3. The summed E-state index contributed by atoms with van der Waals surface area (Å²) < 4.78 is 5.13. The number of nitrogens with one attached hydrogen (secondary N) is 1. The molecule has 2 atom stereocenters. The number of alkyl carbamates (subject to hydrolysis) is 1. The van der Waals surface area contributed by atoms with Crippen molar-refractivity contribution in [3.8, 4) is 0 Å². The van der Waals surface area contributed by atoms with E-state index in [0.29, 0.717) is 6.42 Å². The molecule has 2 N–H and O–H groups in total. The molecule has 0 heterocycles. The van der Waals surface area contributed by atoms with E-state index in [4.69, 9.17) is 4.74 Å². The number of hydrogen-bond donors (Lipinski definition) is 2. The van der Waals surface area contributed by atoms with Gasteiger partial charge in [0.25, 0.3) is 0 Å². The molecule has 0 saturated heterocycles. The minimum atomic E-state index is -1.25. The van der Waals surface area contributed by atoms with Crippen LogP contribution in [0.3, 0.4) is 0 Å². The zero-order valence-corrected chi connectivity index (χ0v) is 11.8. The van der Waals surface area contributed by atoms with Gasteiger partial charge >= 0.3 is 12.1 Å². The van der Waals surface area contributed by atoms with E-state index >= 15 is 0 Å². The van der Waals surface area contributed by atoms with Crippen molar-refractivity contribution in [2.75, 3.05) is 0 Å². The number of aliphatic carboxylic acids is 1. The van der Waals surface area contributed by atoms with Crippen LogP contribution in [-0.4, -0.2) is 28.3 Å². The van der Waals surface area contributed by atoms with Crippen molar-refractivity contribution in [1.82, 2.24) is 5.32 Å². The summed E-state index contributed by atoms with van der Waals surface area (Å²) in [7, 11) is 0. The van der Waals surface area contributed by atoms with Crippen molar-refractivity contribution >= 4 is 12.1 Å². The monoisotopic (exact) mass is 277 g/mol. The predicted octanol–water partition coefficient (Wildman–Crippen LogP) is 2.52. The number of amides is 1. The van der Waals surface area contributed by atoms with Gasteiger partial charge in [0.05, 0.1) is 0 Å². The molecule has 1 aromatic carbocycles. The van der Waals surface area contributed by atoms with Crippen LogP contribution in [0.15, 0.2) is 30.3 Å². The van der Waals surface area contributed by atoms with Gasteiger partial charge in [-0.2, -0.15) is 0 Å². The lowest BCUT2D eigenvalue weighted by molar-refractivity contribution is -0.140. The second-order valence-corrected chi connectivity index (χ2v) is 6.07. The summed E-state index contributed by atoms with van der Waals surface area (Å²) in [6.07, 6.45) is -0.315. The Kier molecular flexibility index (Phi) is 3.46. The fourth-order valence-electron chi connectivity index (χ4n) is 2.26. The Morgan fingerprint density at radius 2 is 1.90 bits per heavy atom. The summed E-state index contributed by atoms with van der Waals surface area (Å²) in [5.74, 6) is -1.24. The molecule has 1 aliphatic carbocycles. The molecule has 0 aromatic heterocycles. The SMILES string of the molecule is CC(C)(C)OC(=O)NC1(C(=O)O)C[C@H]1c1ccccc1. The highest BCUT2D eigenvalue weighted by atomic mass is 16.6. The number of hydrogen-bond acceptors (Lipinski definition) is 3. The Balaban J connectivity index is 2.11. The van der Waals surface area contributed by atoms with Crippen molar-refractivity contribution in [3.63, 3.8) is 0 Å². The number of ether oxygens (including phenoxy) is 1. The van der Waals surface area contributed by atoms with Gasteiger partial charge in [-0.25, -0.2) is 9.59 Å². The Hall–Kier alpha value is -2.04. The smallest absolute Gasteiger partial charge is 0.408 e. The third-order valence-electron chi connectivity index (χ3n) is 3.27. The van der Waals surface area contributed by atoms with Crippen LogP contribution in [0.2, 0.25) is 0 Å². The summed E-state index contributed by atoms with van der Waals surface area (Å²) >= 11 is 0. The number of carboxylic acid groups (broad SMARTS) is 1. The van der Waals surface area contributed by atoms with E-state index in [0.717, 1.165) is 5.56 Å². The Morgan fingerprint density at radius 3 is 2.40 bits per heavy atom. The first-order valence-corrected chi connectivity index (χ1v) is 6.54. The van der Waals surface area contributed by atoms with Crippen LogP contribution in [-0.2, 0) is 9.53 Å². The van der Waals surface area contributed by atoms with Crippen molar-refractivity contribution < 1.29 is 19.4 Å². The minimum absolute atomic E-state index is 0.214. The fraction of sp³-hybridized carbons (Fsp3) is 0.467. The summed E-state index contributed by atoms with van der Waals surface area (Å²) in [6, 6.07) is 9.31. The summed E-state index contributed by atoms with van der Waals surface area (Å²) in [4.78, 5) is 23.3. The molecule has 2 rings (SSSR count). The molecule has 5 heteroatoms. The quantitative estimate of drug-likeness (QED) is 0.890. The molecule has 0 bridgehead atoms. The van der Waals surface area contributed by atoms with Crippen LogP contribution in [0.25, 0.3) is 0 Å². The number of carbonyl (C=O) groups excluding carboxylic acids is 1. The van der Waals surface area contributed by atoms with Crippen LogP contribution >= 0.6 is 0 Å². The topological polar surface area (TPSA) is 75.6 Å². The lowest BCUT2D eigenvalue weighted by Crippen LogP contribution is -2.46. The second-order valence-electron chi connectivity index (χ2n) is 6.07. The number of carbonyl (C=O) groups is 2. The molecule has 1 aliphatic rings. The predicted molar refractivity (Wildman–Crippen MR) is 73.5 cm³/mol. The average molecular weight is 277 g/mol. The zero-order chi connectivity index (χ0) is 15.0. The highest BCUT2D eigenvalue weighted by molar-refractivity contribution is 5.90. The molecule has 20 heavy (non-hydrogen) atoms. The largest absolute Gasteiger partial charge is 0.479 e. The highest BCUT2D eigenvalue weighted by Gasteiger charge is 2.62. The van der Waals surface area contributed by atoms with Gasteiger partial charge in [-0.3, -0.25) is 0 Å². The lowest BCUT2D eigenvalue weighted by Gasteiger charge is -2.22. The maximum atomic E-state index is 11.8. The molecule has 0 spiro atoms. The van der Waals surface area contributed by atoms with Gasteiger partial charge in [0.15, 0.2) is 0 Å². The first kappa shape index (κ1) is 14.4. The molecular formula is C15H19NO4. The number of carboxylic acids is 1. The van der Waals surface area contributed by atoms with Crippen LogP contribution in [0.5, 0.6) is 0 Å². The molecular weight excluding hydrogens is 258 g/mol. The van der Waals surface area contributed by atoms with Crippen LogP contribution in [0.4, 0.5) is 4.79 Å². The van der Waals surface area contributed by atoms with E-state index < -0.39 is 23.2 Å². The van der Waals surface area contributed by atoms with E-state index in [1.165, 1.54) is 0 Å². The van der Waals surface area contributed by atoms with Gasteiger partial charge < -0.3 is 15.2 Å². The molecule has 1 aromatic rings. The standard InChI is InChI=1S/C15H19NO4/c1-14(2,3)20-13(19)16-15(12(17)18)9-11(15)10-7-5-4-6-8-10/h4-8,11H,9H2,1-3H3,(H,16,19)(H,17,18)/t11-,15?/m0/s1. The molecule has 0 radical (unpaired) electrons. The Morgan fingerprint density at radius 1 is 1.30 bits per heavy atom. The molecule has 0 aliphatic heterocycles. The minimum Gasteiger partial charge on any atom is -0.479 e. The summed E-state index contributed by atoms with van der Waals surface area (Å²) in [5, 5.41) is 11.9.